The Morgan fingerprint density at radius 2 is 2.00 bits per heavy atom. The van der Waals surface area contributed by atoms with Gasteiger partial charge in [0.25, 0.3) is 0 Å². The van der Waals surface area contributed by atoms with Crippen LogP contribution in [0.5, 0.6) is 0 Å². The first-order valence-corrected chi connectivity index (χ1v) is 10.5. The first-order valence-electron chi connectivity index (χ1n) is 9.48. The first-order chi connectivity index (χ1) is 13.6. The van der Waals surface area contributed by atoms with Crippen LogP contribution in [0.1, 0.15) is 31.5 Å². The lowest BCUT2D eigenvalue weighted by atomic mass is 9.96. The smallest absolute Gasteiger partial charge is 0.345 e. The highest BCUT2D eigenvalue weighted by Crippen LogP contribution is 2.27. The molecule has 0 aromatic carbocycles. The van der Waals surface area contributed by atoms with Crippen LogP contribution in [0, 0.1) is 0 Å². The van der Waals surface area contributed by atoms with E-state index in [9.17, 15) is 9.59 Å². The molecule has 1 fully saturated rings. The van der Waals surface area contributed by atoms with Gasteiger partial charge in [0.2, 0.25) is 5.91 Å². The van der Waals surface area contributed by atoms with Gasteiger partial charge in [-0.1, -0.05) is 11.8 Å². The van der Waals surface area contributed by atoms with Gasteiger partial charge in [0.1, 0.15) is 5.82 Å². The first kappa shape index (κ1) is 20.5. The van der Waals surface area contributed by atoms with E-state index in [1.165, 1.54) is 16.4 Å². The summed E-state index contributed by atoms with van der Waals surface area (Å²) in [4.78, 5) is 35.1. The SMILES string of the molecule is CCn1c(C2CCN(C(=O)CSc3ncccn3)CC2)nn(CCOC)c1=O. The van der Waals surface area contributed by atoms with Gasteiger partial charge in [0.15, 0.2) is 5.16 Å². The Morgan fingerprint density at radius 1 is 1.29 bits per heavy atom. The fraction of sp³-hybridized carbons (Fsp3) is 0.611. The van der Waals surface area contributed by atoms with Crippen LogP contribution in [0.15, 0.2) is 28.4 Å². The maximum atomic E-state index is 12.5. The molecule has 9 nitrogen and oxygen atoms in total. The van der Waals surface area contributed by atoms with Crippen LogP contribution < -0.4 is 5.69 Å². The second-order valence-electron chi connectivity index (χ2n) is 6.58. The minimum absolute atomic E-state index is 0.0904. The van der Waals surface area contributed by atoms with E-state index < -0.39 is 0 Å². The molecule has 1 amide bonds. The number of aromatic nitrogens is 5. The molecule has 152 valence electrons. The summed E-state index contributed by atoms with van der Waals surface area (Å²) in [5.41, 5.74) is -0.0904. The number of carbonyl (C=O) groups is 1. The van der Waals surface area contributed by atoms with Crippen LogP contribution in [0.2, 0.25) is 0 Å². The zero-order valence-corrected chi connectivity index (χ0v) is 17.1. The Labute approximate surface area is 168 Å². The summed E-state index contributed by atoms with van der Waals surface area (Å²) in [6.07, 6.45) is 4.95. The van der Waals surface area contributed by atoms with Gasteiger partial charge in [-0.2, -0.15) is 5.10 Å². The van der Waals surface area contributed by atoms with Crippen molar-refractivity contribution in [3.8, 4) is 0 Å². The summed E-state index contributed by atoms with van der Waals surface area (Å²) < 4.78 is 8.28. The summed E-state index contributed by atoms with van der Waals surface area (Å²) in [7, 11) is 1.61. The van der Waals surface area contributed by atoms with Crippen molar-refractivity contribution in [3.63, 3.8) is 0 Å². The van der Waals surface area contributed by atoms with Gasteiger partial charge < -0.3 is 9.64 Å². The van der Waals surface area contributed by atoms with Crippen molar-refractivity contribution >= 4 is 17.7 Å². The quantitative estimate of drug-likeness (QED) is 0.477. The van der Waals surface area contributed by atoms with Crippen molar-refractivity contribution in [2.24, 2.45) is 0 Å². The number of rotatable bonds is 8. The number of thioether (sulfide) groups is 1. The minimum atomic E-state index is -0.0904. The van der Waals surface area contributed by atoms with E-state index in [-0.39, 0.29) is 17.5 Å². The fourth-order valence-electron chi connectivity index (χ4n) is 3.35. The van der Waals surface area contributed by atoms with Gasteiger partial charge >= 0.3 is 5.69 Å². The molecule has 1 aliphatic heterocycles. The Hall–Kier alpha value is -2.20. The number of nitrogens with zero attached hydrogens (tertiary/aromatic N) is 6. The molecule has 1 saturated heterocycles. The van der Waals surface area contributed by atoms with Gasteiger partial charge in [0.05, 0.1) is 18.9 Å². The molecule has 0 radical (unpaired) electrons. The Morgan fingerprint density at radius 3 is 2.64 bits per heavy atom. The van der Waals surface area contributed by atoms with Crippen LogP contribution in [0.4, 0.5) is 0 Å². The van der Waals surface area contributed by atoms with Crippen LogP contribution >= 0.6 is 11.8 Å². The normalized spacial score (nSPS) is 15.1. The lowest BCUT2D eigenvalue weighted by molar-refractivity contribution is -0.129. The molecule has 3 heterocycles. The standard InChI is InChI=1S/C18H26N6O3S/c1-3-23-16(21-24(18(23)26)11-12-27-2)14-5-9-22(10-6-14)15(25)13-28-17-19-7-4-8-20-17/h4,7-8,14H,3,5-6,9-13H2,1-2H3. The van der Waals surface area contributed by atoms with Crippen LogP contribution in [-0.2, 0) is 22.6 Å². The number of carbonyl (C=O) groups excluding carboxylic acids is 1. The topological polar surface area (TPSA) is 95.1 Å². The van der Waals surface area contributed by atoms with Gasteiger partial charge in [-0.25, -0.2) is 19.4 Å². The second-order valence-corrected chi connectivity index (χ2v) is 7.52. The molecule has 0 atom stereocenters. The Balaban J connectivity index is 1.57. The number of methoxy groups -OCH3 is 1. The van der Waals surface area contributed by atoms with E-state index in [1.54, 1.807) is 30.1 Å². The zero-order valence-electron chi connectivity index (χ0n) is 16.3. The molecule has 0 spiro atoms. The molecular formula is C18H26N6O3S. The molecular weight excluding hydrogens is 380 g/mol. The third-order valence-electron chi connectivity index (χ3n) is 4.85. The summed E-state index contributed by atoms with van der Waals surface area (Å²) >= 11 is 1.35. The molecule has 0 bridgehead atoms. The van der Waals surface area contributed by atoms with Crippen molar-refractivity contribution in [2.75, 3.05) is 32.6 Å². The molecule has 2 aromatic heterocycles. The van der Waals surface area contributed by atoms with E-state index in [1.807, 2.05) is 11.8 Å². The van der Waals surface area contributed by atoms with Gasteiger partial charge in [-0.15, -0.1) is 0 Å². The highest BCUT2D eigenvalue weighted by molar-refractivity contribution is 7.99. The predicted octanol–water partition coefficient (Wildman–Crippen LogP) is 0.999. The monoisotopic (exact) mass is 406 g/mol. The van der Waals surface area contributed by atoms with E-state index in [2.05, 4.69) is 15.1 Å². The fourth-order valence-corrected chi connectivity index (χ4v) is 4.05. The highest BCUT2D eigenvalue weighted by Gasteiger charge is 2.28. The van der Waals surface area contributed by atoms with Crippen LogP contribution in [-0.4, -0.2) is 67.7 Å². The van der Waals surface area contributed by atoms with Crippen molar-refractivity contribution in [3.05, 3.63) is 34.8 Å². The number of piperidine rings is 1. The predicted molar refractivity (Wildman–Crippen MR) is 105 cm³/mol. The molecule has 28 heavy (non-hydrogen) atoms. The molecule has 0 unspecified atom stereocenters. The lowest BCUT2D eigenvalue weighted by Gasteiger charge is -2.31. The lowest BCUT2D eigenvalue weighted by Crippen LogP contribution is -2.39. The maximum Gasteiger partial charge on any atom is 0.345 e. The largest absolute Gasteiger partial charge is 0.383 e. The number of ether oxygens (including phenoxy) is 1. The summed E-state index contributed by atoms with van der Waals surface area (Å²) in [6.45, 7) is 4.79. The number of amides is 1. The molecule has 2 aromatic rings. The number of hydrogen-bond donors (Lipinski definition) is 0. The molecule has 0 N–H and O–H groups in total. The molecule has 10 heteroatoms. The van der Waals surface area contributed by atoms with E-state index in [0.717, 1.165) is 18.7 Å². The average Bonchev–Trinajstić information content (AvgIpc) is 3.06. The van der Waals surface area contributed by atoms with Gasteiger partial charge in [-0.05, 0) is 25.8 Å². The summed E-state index contributed by atoms with van der Waals surface area (Å²) in [5.74, 6) is 1.43. The van der Waals surface area contributed by atoms with Gasteiger partial charge in [0, 0.05) is 45.1 Å². The molecule has 0 saturated carbocycles. The Kier molecular flexibility index (Phi) is 7.21. The summed E-state index contributed by atoms with van der Waals surface area (Å²) in [6, 6.07) is 1.75. The van der Waals surface area contributed by atoms with Crippen LogP contribution in [0.3, 0.4) is 0 Å². The third kappa shape index (κ3) is 4.79. The Bertz CT molecular complexity index is 830. The number of likely N-dealkylation sites (tertiary alicyclic amines) is 1. The molecule has 1 aliphatic rings. The minimum Gasteiger partial charge on any atom is -0.383 e. The highest BCUT2D eigenvalue weighted by atomic mass is 32.2. The number of hydrogen-bond acceptors (Lipinski definition) is 7. The van der Waals surface area contributed by atoms with Gasteiger partial charge in [-0.3, -0.25) is 9.36 Å². The van der Waals surface area contributed by atoms with E-state index >= 15 is 0 Å². The van der Waals surface area contributed by atoms with Crippen molar-refractivity contribution in [1.82, 2.24) is 29.2 Å². The molecule has 3 rings (SSSR count). The molecule has 0 aliphatic carbocycles. The van der Waals surface area contributed by atoms with Crippen molar-refractivity contribution in [2.45, 2.75) is 43.9 Å². The van der Waals surface area contributed by atoms with E-state index in [0.29, 0.717) is 43.7 Å². The van der Waals surface area contributed by atoms with Crippen molar-refractivity contribution < 1.29 is 9.53 Å². The average molecular weight is 407 g/mol. The third-order valence-corrected chi connectivity index (χ3v) is 5.71. The zero-order chi connectivity index (χ0) is 19.9. The maximum absolute atomic E-state index is 12.5. The van der Waals surface area contributed by atoms with Crippen molar-refractivity contribution in [1.29, 1.82) is 0 Å². The second kappa shape index (κ2) is 9.83. The van der Waals surface area contributed by atoms with E-state index in [4.69, 9.17) is 4.74 Å². The van der Waals surface area contributed by atoms with Crippen LogP contribution in [0.25, 0.3) is 0 Å². The summed E-state index contributed by atoms with van der Waals surface area (Å²) in [5, 5.41) is 5.16.